The van der Waals surface area contributed by atoms with E-state index < -0.39 is 0 Å². The fraction of sp³-hybridized carbons (Fsp3) is 0.524. The molecule has 1 unspecified atom stereocenters. The van der Waals surface area contributed by atoms with Crippen molar-refractivity contribution in [1.29, 1.82) is 0 Å². The van der Waals surface area contributed by atoms with Crippen LogP contribution in [0.15, 0.2) is 35.9 Å². The molecule has 0 aromatic heterocycles. The highest BCUT2D eigenvalue weighted by Crippen LogP contribution is 2.47. The molecule has 0 amide bonds. The summed E-state index contributed by atoms with van der Waals surface area (Å²) in [7, 11) is 0. The number of phenolic OH excluding ortho intramolecular Hbond substituents is 2. The Morgan fingerprint density at radius 1 is 1.30 bits per heavy atom. The third kappa shape index (κ3) is 3.80. The maximum absolute atomic E-state index is 10.6. The van der Waals surface area contributed by atoms with Crippen molar-refractivity contribution in [1.82, 2.24) is 0 Å². The van der Waals surface area contributed by atoms with Gasteiger partial charge in [0, 0.05) is 11.5 Å². The van der Waals surface area contributed by atoms with Crippen LogP contribution in [-0.4, -0.2) is 10.2 Å². The standard InChI is InChI=1S/C21H30O2/c1-6-7-15(5)16-11-19(22)21(20(23)12-16)18-10-14(4)8-9-17(18)13(2)3/h10-12,15,17-18,22-23H,2,6-9H2,1,3-5H3/t15?,17-,18+/m1/s1. The van der Waals surface area contributed by atoms with Crippen molar-refractivity contribution < 1.29 is 10.2 Å². The first-order chi connectivity index (χ1) is 10.8. The Morgan fingerprint density at radius 3 is 2.43 bits per heavy atom. The average Bonchev–Trinajstić information content (AvgIpc) is 2.46. The number of allylic oxidation sites excluding steroid dienone is 3. The van der Waals surface area contributed by atoms with Crippen molar-refractivity contribution in [2.24, 2.45) is 5.92 Å². The van der Waals surface area contributed by atoms with Crippen LogP contribution in [-0.2, 0) is 0 Å². The molecule has 1 aromatic rings. The summed E-state index contributed by atoms with van der Waals surface area (Å²) in [5.41, 5.74) is 4.09. The molecule has 3 atom stereocenters. The van der Waals surface area contributed by atoms with Crippen molar-refractivity contribution in [3.05, 3.63) is 47.1 Å². The van der Waals surface area contributed by atoms with E-state index in [1.165, 1.54) is 5.57 Å². The molecule has 0 bridgehead atoms. The molecular weight excluding hydrogens is 284 g/mol. The lowest BCUT2D eigenvalue weighted by molar-refractivity contribution is 0.405. The summed E-state index contributed by atoms with van der Waals surface area (Å²) >= 11 is 0. The molecule has 23 heavy (non-hydrogen) atoms. The molecule has 2 nitrogen and oxygen atoms in total. The van der Waals surface area contributed by atoms with Gasteiger partial charge in [-0.05, 0) is 62.6 Å². The summed E-state index contributed by atoms with van der Waals surface area (Å²) < 4.78 is 0. The van der Waals surface area contributed by atoms with Gasteiger partial charge in [-0.1, -0.05) is 44.1 Å². The highest BCUT2D eigenvalue weighted by atomic mass is 16.3. The molecule has 1 aliphatic carbocycles. The number of benzene rings is 1. The van der Waals surface area contributed by atoms with Crippen LogP contribution >= 0.6 is 0 Å². The van der Waals surface area contributed by atoms with Crippen molar-refractivity contribution in [3.8, 4) is 11.5 Å². The maximum atomic E-state index is 10.6. The molecule has 0 saturated heterocycles. The second-order valence-corrected chi connectivity index (χ2v) is 7.19. The van der Waals surface area contributed by atoms with Gasteiger partial charge in [-0.2, -0.15) is 0 Å². The highest BCUT2D eigenvalue weighted by molar-refractivity contribution is 5.52. The smallest absolute Gasteiger partial charge is 0.123 e. The van der Waals surface area contributed by atoms with Crippen LogP contribution in [0.25, 0.3) is 0 Å². The zero-order chi connectivity index (χ0) is 17.1. The van der Waals surface area contributed by atoms with Gasteiger partial charge in [0.05, 0.1) is 0 Å². The molecular formula is C21H30O2. The van der Waals surface area contributed by atoms with E-state index in [4.69, 9.17) is 0 Å². The van der Waals surface area contributed by atoms with Crippen molar-refractivity contribution >= 4 is 0 Å². The quantitative estimate of drug-likeness (QED) is 0.653. The van der Waals surface area contributed by atoms with Crippen molar-refractivity contribution in [2.75, 3.05) is 0 Å². The summed E-state index contributed by atoms with van der Waals surface area (Å²) in [6.45, 7) is 12.6. The minimum absolute atomic E-state index is 0.0109. The van der Waals surface area contributed by atoms with Crippen LogP contribution in [0.1, 0.15) is 76.3 Å². The lowest BCUT2D eigenvalue weighted by Crippen LogP contribution is -2.17. The lowest BCUT2D eigenvalue weighted by Gasteiger charge is -2.31. The van der Waals surface area contributed by atoms with Crippen LogP contribution in [0.4, 0.5) is 0 Å². The molecule has 0 fully saturated rings. The van der Waals surface area contributed by atoms with Gasteiger partial charge in [0.15, 0.2) is 0 Å². The number of phenols is 2. The van der Waals surface area contributed by atoms with Crippen LogP contribution in [0, 0.1) is 5.92 Å². The zero-order valence-electron chi connectivity index (χ0n) is 14.9. The van der Waals surface area contributed by atoms with E-state index in [0.717, 1.165) is 36.8 Å². The summed E-state index contributed by atoms with van der Waals surface area (Å²) in [6, 6.07) is 3.67. The Balaban J connectivity index is 2.46. The Morgan fingerprint density at radius 2 is 1.91 bits per heavy atom. The highest BCUT2D eigenvalue weighted by Gasteiger charge is 2.30. The number of hydrogen-bond donors (Lipinski definition) is 2. The Hall–Kier alpha value is -1.70. The van der Waals surface area contributed by atoms with E-state index in [1.54, 1.807) is 0 Å². The molecule has 1 aromatic carbocycles. The summed E-state index contributed by atoms with van der Waals surface area (Å²) in [6.07, 6.45) is 6.41. The van der Waals surface area contributed by atoms with E-state index in [0.29, 0.717) is 11.5 Å². The van der Waals surface area contributed by atoms with E-state index in [9.17, 15) is 10.2 Å². The first-order valence-corrected chi connectivity index (χ1v) is 8.73. The summed E-state index contributed by atoms with van der Waals surface area (Å²) in [5.74, 6) is 1.05. The van der Waals surface area contributed by atoms with Crippen molar-refractivity contribution in [3.63, 3.8) is 0 Å². The van der Waals surface area contributed by atoms with Gasteiger partial charge in [0.1, 0.15) is 11.5 Å². The first kappa shape index (κ1) is 17.7. The van der Waals surface area contributed by atoms with Crippen LogP contribution in [0.2, 0.25) is 0 Å². The maximum Gasteiger partial charge on any atom is 0.123 e. The summed E-state index contributed by atoms with van der Waals surface area (Å²) in [4.78, 5) is 0. The van der Waals surface area contributed by atoms with Gasteiger partial charge in [-0.25, -0.2) is 0 Å². The van der Waals surface area contributed by atoms with Gasteiger partial charge in [0.25, 0.3) is 0 Å². The number of rotatable bonds is 5. The second-order valence-electron chi connectivity index (χ2n) is 7.19. The monoisotopic (exact) mass is 314 g/mol. The van der Waals surface area contributed by atoms with Crippen LogP contribution in [0.5, 0.6) is 11.5 Å². The molecule has 0 saturated carbocycles. The Labute approximate surface area is 140 Å². The second kappa shape index (κ2) is 7.25. The van der Waals surface area contributed by atoms with Gasteiger partial charge < -0.3 is 10.2 Å². The SMILES string of the molecule is C=C(C)[C@H]1CCC(C)=C[C@@H]1c1c(O)cc(C(C)CCC)cc1O. The zero-order valence-corrected chi connectivity index (χ0v) is 14.9. The average molecular weight is 314 g/mol. The van der Waals surface area contributed by atoms with E-state index >= 15 is 0 Å². The molecule has 2 rings (SSSR count). The van der Waals surface area contributed by atoms with Crippen LogP contribution in [0.3, 0.4) is 0 Å². The third-order valence-electron chi connectivity index (χ3n) is 5.16. The van der Waals surface area contributed by atoms with E-state index in [1.807, 2.05) is 19.1 Å². The fourth-order valence-electron chi connectivity index (χ4n) is 3.78. The molecule has 0 aliphatic heterocycles. The normalized spacial score (nSPS) is 22.5. The Kier molecular flexibility index (Phi) is 5.56. The predicted molar refractivity (Wildman–Crippen MR) is 97.1 cm³/mol. The lowest BCUT2D eigenvalue weighted by atomic mass is 9.73. The molecule has 2 heteroatoms. The minimum Gasteiger partial charge on any atom is -0.507 e. The largest absolute Gasteiger partial charge is 0.507 e. The number of aromatic hydroxyl groups is 2. The van der Waals surface area contributed by atoms with Gasteiger partial charge >= 0.3 is 0 Å². The molecule has 0 radical (unpaired) electrons. The van der Waals surface area contributed by atoms with Gasteiger partial charge in [-0.3, -0.25) is 0 Å². The molecule has 0 spiro atoms. The van der Waals surface area contributed by atoms with Crippen molar-refractivity contribution in [2.45, 2.75) is 65.2 Å². The molecule has 2 N–H and O–H groups in total. The van der Waals surface area contributed by atoms with E-state index in [-0.39, 0.29) is 23.3 Å². The first-order valence-electron chi connectivity index (χ1n) is 8.73. The van der Waals surface area contributed by atoms with Gasteiger partial charge in [-0.15, -0.1) is 0 Å². The molecule has 1 aliphatic rings. The molecule has 126 valence electrons. The third-order valence-corrected chi connectivity index (χ3v) is 5.16. The minimum atomic E-state index is 0.0109. The van der Waals surface area contributed by atoms with E-state index in [2.05, 4.69) is 33.4 Å². The Bertz CT molecular complexity index is 589. The molecule has 0 heterocycles. The topological polar surface area (TPSA) is 40.5 Å². The predicted octanol–water partition coefficient (Wildman–Crippen LogP) is 6.02. The van der Waals surface area contributed by atoms with Gasteiger partial charge in [0.2, 0.25) is 0 Å². The van der Waals surface area contributed by atoms with Crippen LogP contribution < -0.4 is 0 Å². The number of hydrogen-bond acceptors (Lipinski definition) is 2. The summed E-state index contributed by atoms with van der Waals surface area (Å²) in [5, 5.41) is 21.2. The fourth-order valence-corrected chi connectivity index (χ4v) is 3.78.